The number of nitrogens with one attached hydrogen (secondary N) is 1. The van der Waals surface area contributed by atoms with Crippen molar-refractivity contribution in [1.29, 1.82) is 0 Å². The molecular weight excluding hydrogens is 490 g/mol. The minimum Gasteiger partial charge on any atom is -0.506 e. The van der Waals surface area contributed by atoms with E-state index in [-0.39, 0.29) is 16.6 Å². The highest BCUT2D eigenvalue weighted by Crippen LogP contribution is 2.35. The minimum absolute atomic E-state index is 0.111. The number of rotatable bonds is 9. The minimum atomic E-state index is -1.25. The number of nitrogens with zero attached hydrogens (tertiary/aromatic N) is 6. The molecule has 0 aliphatic carbocycles. The first-order valence-corrected chi connectivity index (χ1v) is 12.4. The molecule has 9 nitrogen and oxygen atoms in total. The molecule has 2 aromatic carbocycles. The van der Waals surface area contributed by atoms with E-state index in [9.17, 15) is 10.2 Å². The van der Waals surface area contributed by atoms with E-state index in [0.29, 0.717) is 24.5 Å². The van der Waals surface area contributed by atoms with Crippen LogP contribution in [0.1, 0.15) is 48.6 Å². The molecule has 37 heavy (non-hydrogen) atoms. The summed E-state index contributed by atoms with van der Waals surface area (Å²) in [5, 5.41) is 36.5. The number of aromatic amines is 1. The standard InChI is InChI=1S/C27H26ClN7O2/c1-2-3-11-22-30-26(28)24(25(37)23-21(36)10-7-14-29-23)35(22)16-17-12-13-19(18-8-5-4-6-9-18)20(15-17)27-31-33-34-32-27/h4-10,12-15,25,36-37H,2-3,11,16H2,1H3,(H,31,32,33,34). The third-order valence-corrected chi connectivity index (χ3v) is 6.50. The number of aliphatic hydroxyl groups excluding tert-OH is 1. The number of hydrogen-bond acceptors (Lipinski definition) is 7. The maximum Gasteiger partial charge on any atom is 0.205 e. The number of aliphatic hydroxyl groups is 1. The molecule has 188 valence electrons. The van der Waals surface area contributed by atoms with E-state index >= 15 is 0 Å². The van der Waals surface area contributed by atoms with E-state index in [4.69, 9.17) is 11.6 Å². The summed E-state index contributed by atoms with van der Waals surface area (Å²) in [5.74, 6) is 1.12. The van der Waals surface area contributed by atoms with Gasteiger partial charge in [-0.1, -0.05) is 67.4 Å². The third-order valence-electron chi connectivity index (χ3n) is 6.22. The highest BCUT2D eigenvalue weighted by molar-refractivity contribution is 6.30. The van der Waals surface area contributed by atoms with Crippen LogP contribution in [0.3, 0.4) is 0 Å². The zero-order chi connectivity index (χ0) is 25.8. The lowest BCUT2D eigenvalue weighted by atomic mass is 9.97. The Morgan fingerprint density at radius 3 is 2.62 bits per heavy atom. The second-order valence-corrected chi connectivity index (χ2v) is 9.04. The molecule has 0 saturated carbocycles. The average Bonchev–Trinajstić information content (AvgIpc) is 3.56. The first kappa shape index (κ1) is 24.6. The number of hydrogen-bond donors (Lipinski definition) is 3. The molecule has 3 aromatic heterocycles. The molecular formula is C27H26ClN7O2. The Labute approximate surface area is 218 Å². The maximum absolute atomic E-state index is 11.2. The lowest BCUT2D eigenvalue weighted by molar-refractivity contribution is 0.200. The van der Waals surface area contributed by atoms with Gasteiger partial charge in [0.1, 0.15) is 23.4 Å². The second kappa shape index (κ2) is 10.9. The molecule has 0 fully saturated rings. The second-order valence-electron chi connectivity index (χ2n) is 8.69. The molecule has 1 atom stereocenters. The van der Waals surface area contributed by atoms with Crippen LogP contribution in [-0.2, 0) is 13.0 Å². The van der Waals surface area contributed by atoms with Crippen LogP contribution in [0, 0.1) is 0 Å². The van der Waals surface area contributed by atoms with Gasteiger partial charge >= 0.3 is 0 Å². The van der Waals surface area contributed by atoms with Crippen molar-refractivity contribution in [2.45, 2.75) is 38.8 Å². The number of tetrazole rings is 1. The molecule has 0 bridgehead atoms. The monoisotopic (exact) mass is 515 g/mol. The van der Waals surface area contributed by atoms with E-state index in [1.54, 1.807) is 6.07 Å². The topological polar surface area (TPSA) is 126 Å². The summed E-state index contributed by atoms with van der Waals surface area (Å²) in [6.45, 7) is 2.49. The number of imidazole rings is 1. The van der Waals surface area contributed by atoms with E-state index in [1.807, 2.05) is 53.1 Å². The summed E-state index contributed by atoms with van der Waals surface area (Å²) in [6.07, 6.45) is 2.86. The smallest absolute Gasteiger partial charge is 0.205 e. The molecule has 0 saturated heterocycles. The van der Waals surface area contributed by atoms with Crippen LogP contribution in [0.2, 0.25) is 5.15 Å². The summed E-state index contributed by atoms with van der Waals surface area (Å²) < 4.78 is 1.91. The number of benzene rings is 2. The van der Waals surface area contributed by atoms with E-state index < -0.39 is 6.10 Å². The Kier molecular flexibility index (Phi) is 7.25. The highest BCUT2D eigenvalue weighted by Gasteiger charge is 2.26. The zero-order valence-electron chi connectivity index (χ0n) is 20.2. The lowest BCUT2D eigenvalue weighted by Gasteiger charge is -2.18. The third kappa shape index (κ3) is 5.09. The number of aromatic hydroxyl groups is 1. The fraction of sp³-hybridized carbons (Fsp3) is 0.222. The normalized spacial score (nSPS) is 12.1. The van der Waals surface area contributed by atoms with Gasteiger partial charge in [-0.2, -0.15) is 5.21 Å². The van der Waals surface area contributed by atoms with Crippen LogP contribution in [0.15, 0.2) is 66.9 Å². The van der Waals surface area contributed by atoms with Crippen LogP contribution in [0.5, 0.6) is 5.75 Å². The molecule has 10 heteroatoms. The quantitative estimate of drug-likeness (QED) is 0.253. The van der Waals surface area contributed by atoms with Crippen molar-refractivity contribution >= 4 is 11.6 Å². The van der Waals surface area contributed by atoms with Gasteiger partial charge in [0.05, 0.1) is 5.69 Å². The Morgan fingerprint density at radius 1 is 1.05 bits per heavy atom. The van der Waals surface area contributed by atoms with Gasteiger partial charge in [-0.05, 0) is 46.5 Å². The molecule has 3 N–H and O–H groups in total. The van der Waals surface area contributed by atoms with Crippen LogP contribution in [-0.4, -0.2) is 45.4 Å². The number of aromatic nitrogens is 7. The largest absolute Gasteiger partial charge is 0.506 e. The van der Waals surface area contributed by atoms with Crippen molar-refractivity contribution < 1.29 is 10.2 Å². The predicted octanol–water partition coefficient (Wildman–Crippen LogP) is 4.96. The Hall–Kier alpha value is -4.08. The SMILES string of the molecule is CCCCc1nc(Cl)c(C(O)c2ncccc2O)n1Cc1ccc(-c2ccccc2)c(-c2nn[nH]n2)c1. The average molecular weight is 516 g/mol. The summed E-state index contributed by atoms with van der Waals surface area (Å²) in [5.41, 5.74) is 4.27. The molecule has 3 heterocycles. The molecule has 5 rings (SSSR count). The van der Waals surface area contributed by atoms with Crippen molar-refractivity contribution in [3.05, 3.63) is 94.8 Å². The van der Waals surface area contributed by atoms with Crippen molar-refractivity contribution in [3.63, 3.8) is 0 Å². The van der Waals surface area contributed by atoms with Crippen molar-refractivity contribution in [1.82, 2.24) is 35.2 Å². The van der Waals surface area contributed by atoms with Crippen LogP contribution in [0.25, 0.3) is 22.5 Å². The molecule has 0 amide bonds. The van der Waals surface area contributed by atoms with E-state index in [0.717, 1.165) is 40.9 Å². The van der Waals surface area contributed by atoms with Gasteiger partial charge < -0.3 is 14.8 Å². The number of pyridine rings is 1. The van der Waals surface area contributed by atoms with Crippen LogP contribution < -0.4 is 0 Å². The van der Waals surface area contributed by atoms with Gasteiger partial charge in [-0.15, -0.1) is 10.2 Å². The fourth-order valence-electron chi connectivity index (χ4n) is 4.40. The Bertz CT molecular complexity index is 1490. The molecule has 0 aliphatic heterocycles. The first-order chi connectivity index (χ1) is 18.1. The first-order valence-electron chi connectivity index (χ1n) is 12.1. The molecule has 0 spiro atoms. The predicted molar refractivity (Wildman–Crippen MR) is 140 cm³/mol. The number of aryl methyl sites for hydroxylation is 1. The van der Waals surface area contributed by atoms with Crippen molar-refractivity contribution in [2.75, 3.05) is 0 Å². The maximum atomic E-state index is 11.2. The van der Waals surface area contributed by atoms with Gasteiger partial charge in [-0.3, -0.25) is 4.98 Å². The van der Waals surface area contributed by atoms with Crippen molar-refractivity contribution in [2.24, 2.45) is 0 Å². The summed E-state index contributed by atoms with van der Waals surface area (Å²) in [7, 11) is 0. The van der Waals surface area contributed by atoms with E-state index in [1.165, 1.54) is 12.3 Å². The fourth-order valence-corrected chi connectivity index (χ4v) is 4.70. The number of H-pyrrole nitrogens is 1. The van der Waals surface area contributed by atoms with Gasteiger partial charge in [0.25, 0.3) is 0 Å². The zero-order valence-corrected chi connectivity index (χ0v) is 21.0. The summed E-state index contributed by atoms with van der Waals surface area (Å²) in [6, 6.07) is 19.2. The molecule has 0 aliphatic rings. The molecule has 0 radical (unpaired) electrons. The van der Waals surface area contributed by atoms with Gasteiger partial charge in [-0.25, -0.2) is 4.98 Å². The summed E-state index contributed by atoms with van der Waals surface area (Å²) in [4.78, 5) is 8.76. The molecule has 5 aromatic rings. The number of halogens is 1. The Balaban J connectivity index is 1.60. The van der Waals surface area contributed by atoms with Crippen molar-refractivity contribution in [3.8, 4) is 28.3 Å². The van der Waals surface area contributed by atoms with E-state index in [2.05, 4.69) is 37.5 Å². The van der Waals surface area contributed by atoms with Gasteiger partial charge in [0.2, 0.25) is 5.82 Å². The summed E-state index contributed by atoms with van der Waals surface area (Å²) >= 11 is 6.58. The number of unbranched alkanes of at least 4 members (excludes halogenated alkanes) is 1. The van der Waals surface area contributed by atoms with Gasteiger partial charge in [0.15, 0.2) is 5.15 Å². The van der Waals surface area contributed by atoms with Gasteiger partial charge in [0, 0.05) is 24.7 Å². The van der Waals surface area contributed by atoms with Crippen LogP contribution >= 0.6 is 11.6 Å². The Morgan fingerprint density at radius 2 is 1.89 bits per heavy atom. The lowest BCUT2D eigenvalue weighted by Crippen LogP contribution is -2.14. The van der Waals surface area contributed by atoms with Crippen LogP contribution in [0.4, 0.5) is 0 Å². The highest BCUT2D eigenvalue weighted by atomic mass is 35.5. The molecule has 1 unspecified atom stereocenters.